The maximum atomic E-state index is 13.5. The zero-order valence-electron chi connectivity index (χ0n) is 19.5. The standard InChI is InChI=1S/C26H27ClN4O3S/c1-26-10-17(26)24(33)20(11-26)30-6-5-29(12-21(30)32)25(34)23-22(27)19-9-16(14-2-3-14)8-18(31(19)28-23)15-4-7-35-13-15/h4,7-9,13-14,17,20,24,33H,2-3,5-6,10-12H2,1H3. The van der Waals surface area contributed by atoms with Gasteiger partial charge in [0.15, 0.2) is 5.69 Å². The minimum Gasteiger partial charge on any atom is -0.391 e. The summed E-state index contributed by atoms with van der Waals surface area (Å²) in [5.41, 5.74) is 4.28. The van der Waals surface area contributed by atoms with E-state index in [1.165, 1.54) is 18.4 Å². The van der Waals surface area contributed by atoms with Gasteiger partial charge in [0, 0.05) is 24.0 Å². The van der Waals surface area contributed by atoms with E-state index in [4.69, 9.17) is 11.6 Å². The van der Waals surface area contributed by atoms with Crippen LogP contribution in [0.2, 0.25) is 5.02 Å². The van der Waals surface area contributed by atoms with Crippen LogP contribution in [0.4, 0.5) is 0 Å². The van der Waals surface area contributed by atoms with E-state index in [-0.39, 0.29) is 35.5 Å². The number of nitrogens with zero attached hydrogens (tertiary/aromatic N) is 4. The molecule has 1 saturated heterocycles. The Bertz CT molecular complexity index is 1370. The van der Waals surface area contributed by atoms with E-state index in [9.17, 15) is 14.7 Å². The largest absolute Gasteiger partial charge is 0.391 e. The van der Waals surface area contributed by atoms with E-state index in [1.54, 1.807) is 25.7 Å². The van der Waals surface area contributed by atoms with Gasteiger partial charge >= 0.3 is 0 Å². The molecule has 1 N–H and O–H groups in total. The molecule has 0 bridgehead atoms. The van der Waals surface area contributed by atoms with Crippen LogP contribution in [0, 0.1) is 11.3 Å². The Morgan fingerprint density at radius 3 is 2.74 bits per heavy atom. The van der Waals surface area contributed by atoms with Crippen molar-refractivity contribution in [3.63, 3.8) is 0 Å². The summed E-state index contributed by atoms with van der Waals surface area (Å²) in [6.45, 7) is 3.00. The number of halogens is 1. The topological polar surface area (TPSA) is 78.1 Å². The first-order valence-electron chi connectivity index (χ1n) is 12.4. The van der Waals surface area contributed by atoms with Crippen molar-refractivity contribution in [2.45, 2.75) is 50.7 Å². The van der Waals surface area contributed by atoms with Crippen molar-refractivity contribution in [3.8, 4) is 11.3 Å². The molecule has 1 aliphatic heterocycles. The molecule has 35 heavy (non-hydrogen) atoms. The predicted molar refractivity (Wildman–Crippen MR) is 134 cm³/mol. The molecule has 9 heteroatoms. The minimum atomic E-state index is -0.463. The lowest BCUT2D eigenvalue weighted by molar-refractivity contribution is -0.140. The number of fused-ring (bicyclic) bond motifs is 2. The summed E-state index contributed by atoms with van der Waals surface area (Å²) < 4.78 is 1.77. The normalized spacial score (nSPS) is 30.3. The summed E-state index contributed by atoms with van der Waals surface area (Å²) in [5, 5.41) is 19.8. The third-order valence-electron chi connectivity index (χ3n) is 8.61. The lowest BCUT2D eigenvalue weighted by atomic mass is 10.0. The lowest BCUT2D eigenvalue weighted by Crippen LogP contribution is -2.57. The zero-order chi connectivity index (χ0) is 24.1. The Morgan fingerprint density at radius 2 is 2.09 bits per heavy atom. The molecule has 4 fully saturated rings. The fourth-order valence-corrected chi connectivity index (χ4v) is 7.18. The Morgan fingerprint density at radius 1 is 1.26 bits per heavy atom. The van der Waals surface area contributed by atoms with Gasteiger partial charge in [-0.25, -0.2) is 4.52 Å². The molecule has 0 spiro atoms. The molecule has 4 atom stereocenters. The number of hydrogen-bond donors (Lipinski definition) is 1. The summed E-state index contributed by atoms with van der Waals surface area (Å²) in [7, 11) is 0. The molecule has 2 amide bonds. The van der Waals surface area contributed by atoms with E-state index < -0.39 is 6.10 Å². The van der Waals surface area contributed by atoms with E-state index in [0.717, 1.165) is 29.6 Å². The average molecular weight is 511 g/mol. The van der Waals surface area contributed by atoms with Crippen LogP contribution in [-0.2, 0) is 4.79 Å². The molecule has 3 aliphatic carbocycles. The van der Waals surface area contributed by atoms with Gasteiger partial charge in [-0.15, -0.1) is 0 Å². The number of carbonyl (C=O) groups excluding carboxylic acids is 2. The highest BCUT2D eigenvalue weighted by Gasteiger charge is 2.63. The van der Waals surface area contributed by atoms with Gasteiger partial charge in [0.1, 0.15) is 6.54 Å². The number of pyridine rings is 1. The molecule has 0 radical (unpaired) electrons. The van der Waals surface area contributed by atoms with Crippen molar-refractivity contribution < 1.29 is 14.7 Å². The molecule has 3 aromatic rings. The van der Waals surface area contributed by atoms with Crippen LogP contribution in [0.3, 0.4) is 0 Å². The highest BCUT2D eigenvalue weighted by Crippen LogP contribution is 2.64. The smallest absolute Gasteiger partial charge is 0.276 e. The Hall–Kier alpha value is -2.42. The molecule has 182 valence electrons. The number of aromatic nitrogens is 2. The van der Waals surface area contributed by atoms with Crippen LogP contribution in [0.15, 0.2) is 29.0 Å². The fraction of sp³-hybridized carbons (Fsp3) is 0.500. The van der Waals surface area contributed by atoms with E-state index in [1.807, 2.05) is 11.4 Å². The number of aliphatic hydroxyl groups is 1. The maximum Gasteiger partial charge on any atom is 0.276 e. The van der Waals surface area contributed by atoms with Crippen molar-refractivity contribution in [1.82, 2.24) is 19.4 Å². The first-order valence-corrected chi connectivity index (χ1v) is 13.7. The quantitative estimate of drug-likeness (QED) is 0.574. The highest BCUT2D eigenvalue weighted by atomic mass is 35.5. The van der Waals surface area contributed by atoms with Crippen LogP contribution >= 0.6 is 22.9 Å². The van der Waals surface area contributed by atoms with Crippen LogP contribution in [-0.4, -0.2) is 68.1 Å². The maximum absolute atomic E-state index is 13.5. The summed E-state index contributed by atoms with van der Waals surface area (Å²) >= 11 is 8.39. The molecule has 3 aromatic heterocycles. The zero-order valence-corrected chi connectivity index (χ0v) is 21.1. The monoisotopic (exact) mass is 510 g/mol. The SMILES string of the molecule is CC12CC(N3CCN(C(=O)c4nn5c(-c6ccsc6)cc(C6CC6)cc5c4Cl)CC3=O)C(O)C1C2. The number of thiophene rings is 1. The molecule has 0 aromatic carbocycles. The molecule has 7 nitrogen and oxygen atoms in total. The van der Waals surface area contributed by atoms with Crippen molar-refractivity contribution in [2.75, 3.05) is 19.6 Å². The van der Waals surface area contributed by atoms with Crippen LogP contribution in [0.25, 0.3) is 16.8 Å². The van der Waals surface area contributed by atoms with Crippen molar-refractivity contribution in [1.29, 1.82) is 0 Å². The number of carbonyl (C=O) groups is 2. The van der Waals surface area contributed by atoms with Crippen molar-refractivity contribution >= 4 is 40.3 Å². The van der Waals surface area contributed by atoms with Gasteiger partial charge in [-0.3, -0.25) is 9.59 Å². The Kier molecular flexibility index (Phi) is 4.70. The molecule has 4 unspecified atom stereocenters. The van der Waals surface area contributed by atoms with E-state index in [0.29, 0.717) is 29.9 Å². The number of amides is 2. The number of piperazine rings is 1. The third kappa shape index (κ3) is 3.37. The fourth-order valence-electron chi connectivity index (χ4n) is 6.28. The Balaban J connectivity index is 1.17. The first kappa shape index (κ1) is 21.8. The molecule has 4 heterocycles. The first-order chi connectivity index (χ1) is 16.8. The summed E-state index contributed by atoms with van der Waals surface area (Å²) in [6.07, 6.45) is 3.75. The molecule has 4 aliphatic rings. The molecular formula is C26H27ClN4O3S. The summed E-state index contributed by atoms with van der Waals surface area (Å²) in [6, 6.07) is 6.12. The number of rotatable bonds is 4. The number of hydrogen-bond acceptors (Lipinski definition) is 5. The van der Waals surface area contributed by atoms with Crippen LogP contribution < -0.4 is 0 Å². The van der Waals surface area contributed by atoms with Gasteiger partial charge in [-0.05, 0) is 72.1 Å². The van der Waals surface area contributed by atoms with Gasteiger partial charge in [0.05, 0.1) is 28.4 Å². The van der Waals surface area contributed by atoms with Gasteiger partial charge < -0.3 is 14.9 Å². The van der Waals surface area contributed by atoms with Gasteiger partial charge in [-0.2, -0.15) is 16.4 Å². The van der Waals surface area contributed by atoms with Crippen molar-refractivity contribution in [2.24, 2.45) is 11.3 Å². The van der Waals surface area contributed by atoms with E-state index in [2.05, 4.69) is 29.5 Å². The van der Waals surface area contributed by atoms with Crippen molar-refractivity contribution in [3.05, 3.63) is 45.2 Å². The Labute approximate surface area is 212 Å². The van der Waals surface area contributed by atoms with Gasteiger partial charge in [0.25, 0.3) is 5.91 Å². The van der Waals surface area contributed by atoms with Crippen LogP contribution in [0.1, 0.15) is 54.6 Å². The second-order valence-corrected chi connectivity index (χ2v) is 12.1. The second kappa shape index (κ2) is 7.54. The van der Waals surface area contributed by atoms with Gasteiger partial charge in [-0.1, -0.05) is 18.5 Å². The number of aliphatic hydroxyl groups excluding tert-OH is 1. The van der Waals surface area contributed by atoms with Crippen LogP contribution in [0.5, 0.6) is 0 Å². The molecular weight excluding hydrogens is 484 g/mol. The highest BCUT2D eigenvalue weighted by molar-refractivity contribution is 7.08. The lowest BCUT2D eigenvalue weighted by Gasteiger charge is -2.39. The minimum absolute atomic E-state index is 0.0155. The molecule has 7 rings (SSSR count). The van der Waals surface area contributed by atoms with E-state index >= 15 is 0 Å². The second-order valence-electron chi connectivity index (χ2n) is 11.0. The average Bonchev–Trinajstić information content (AvgIpc) is 3.68. The predicted octanol–water partition coefficient (Wildman–Crippen LogP) is 4.04. The molecule has 3 saturated carbocycles. The summed E-state index contributed by atoms with van der Waals surface area (Å²) in [4.78, 5) is 29.9. The summed E-state index contributed by atoms with van der Waals surface area (Å²) in [5.74, 6) is 0.397. The van der Waals surface area contributed by atoms with Gasteiger partial charge in [0.2, 0.25) is 5.91 Å². The third-order valence-corrected chi connectivity index (χ3v) is 9.67.